The molecule has 1 heterocycles. The van der Waals surface area contributed by atoms with Gasteiger partial charge >= 0.3 is 0 Å². The largest absolute Gasteiger partial charge is 0.482 e. The average molecular weight is 485 g/mol. The van der Waals surface area contributed by atoms with Crippen molar-refractivity contribution in [3.05, 3.63) is 34.6 Å². The van der Waals surface area contributed by atoms with E-state index < -0.39 is 33.9 Å². The Balaban J connectivity index is 2.37. The Hall–Kier alpha value is -2.01. The van der Waals surface area contributed by atoms with Crippen LogP contribution in [-0.4, -0.2) is 34.2 Å². The van der Waals surface area contributed by atoms with Crippen molar-refractivity contribution < 1.29 is 24.2 Å². The van der Waals surface area contributed by atoms with Crippen LogP contribution in [0.25, 0.3) is 0 Å². The summed E-state index contributed by atoms with van der Waals surface area (Å²) in [4.78, 5) is 42.5. The summed E-state index contributed by atoms with van der Waals surface area (Å²) in [6.07, 6.45) is 4.93. The zero-order valence-electron chi connectivity index (χ0n) is 23.3. The van der Waals surface area contributed by atoms with Gasteiger partial charge in [0.15, 0.2) is 17.7 Å². The van der Waals surface area contributed by atoms with Gasteiger partial charge in [-0.2, -0.15) is 0 Å². The lowest BCUT2D eigenvalue weighted by atomic mass is 9.40. The summed E-state index contributed by atoms with van der Waals surface area (Å²) in [6, 6.07) is 0. The summed E-state index contributed by atoms with van der Waals surface area (Å²) < 4.78 is 6.19. The van der Waals surface area contributed by atoms with Crippen LogP contribution in [0.3, 0.4) is 0 Å². The van der Waals surface area contributed by atoms with Gasteiger partial charge in [0.2, 0.25) is 5.78 Å². The standard InChI is InChI=1S/C30H44O5/c1-17(2)11-12-20-15-30(23(32)19(5)6)24-21(22(31)25(35-24)28(9,10)34)16-29(26(30)33,27(20,7)8)14-13-18(3)4/h11,13,19-20,25,34H,12,14-16H2,1-10H3/t20-,25+,29+,30+/m0/s1. The maximum atomic E-state index is 14.8. The zero-order chi connectivity index (χ0) is 26.7. The van der Waals surface area contributed by atoms with E-state index in [2.05, 4.69) is 39.8 Å². The molecule has 0 saturated heterocycles. The normalized spacial score (nSPS) is 31.8. The molecule has 0 unspecified atom stereocenters. The summed E-state index contributed by atoms with van der Waals surface area (Å²) in [6.45, 7) is 19.1. The van der Waals surface area contributed by atoms with Crippen molar-refractivity contribution in [2.24, 2.45) is 28.1 Å². The number of Topliss-reactive ketones (excluding diaryl/α,β-unsaturated/α-hetero) is 3. The van der Waals surface area contributed by atoms with Crippen LogP contribution in [0.2, 0.25) is 0 Å². The van der Waals surface area contributed by atoms with Crippen LogP contribution in [0.1, 0.15) is 94.9 Å². The number of aliphatic hydroxyl groups is 1. The number of fused-ring (bicyclic) bond motifs is 3. The fourth-order valence-corrected chi connectivity index (χ4v) is 6.50. The first-order valence-electron chi connectivity index (χ1n) is 13.0. The monoisotopic (exact) mass is 484 g/mol. The van der Waals surface area contributed by atoms with Crippen LogP contribution in [0.4, 0.5) is 0 Å². The lowest BCUT2D eigenvalue weighted by Crippen LogP contribution is -2.65. The third-order valence-electron chi connectivity index (χ3n) is 8.80. The fraction of sp³-hybridized carbons (Fsp3) is 0.700. The highest BCUT2D eigenvalue weighted by molar-refractivity contribution is 6.18. The maximum Gasteiger partial charge on any atom is 0.205 e. The molecule has 0 aromatic carbocycles. The van der Waals surface area contributed by atoms with Crippen molar-refractivity contribution in [2.45, 2.75) is 107 Å². The van der Waals surface area contributed by atoms with Crippen LogP contribution in [0.15, 0.2) is 34.6 Å². The van der Waals surface area contributed by atoms with E-state index >= 15 is 0 Å². The predicted molar refractivity (Wildman–Crippen MR) is 138 cm³/mol. The van der Waals surface area contributed by atoms with Crippen LogP contribution >= 0.6 is 0 Å². The molecule has 3 aliphatic rings. The molecule has 0 radical (unpaired) electrons. The number of carbonyl (C=O) groups excluding carboxylic acids is 3. The molecule has 0 spiro atoms. The van der Waals surface area contributed by atoms with Crippen molar-refractivity contribution in [3.8, 4) is 0 Å². The maximum absolute atomic E-state index is 14.8. The second-order valence-electron chi connectivity index (χ2n) is 13.0. The third kappa shape index (κ3) is 4.08. The molecule has 1 aliphatic heterocycles. The number of hydrogen-bond acceptors (Lipinski definition) is 5. The molecule has 1 N–H and O–H groups in total. The zero-order valence-corrected chi connectivity index (χ0v) is 23.3. The van der Waals surface area contributed by atoms with E-state index in [1.54, 1.807) is 13.8 Å². The summed E-state index contributed by atoms with van der Waals surface area (Å²) in [5.74, 6) is -0.722. The number of rotatable bonds is 7. The first-order valence-corrected chi connectivity index (χ1v) is 13.0. The minimum atomic E-state index is -1.50. The summed E-state index contributed by atoms with van der Waals surface area (Å²) in [5, 5.41) is 10.8. The van der Waals surface area contributed by atoms with E-state index in [1.165, 1.54) is 5.57 Å². The first kappa shape index (κ1) is 27.6. The van der Waals surface area contributed by atoms with E-state index in [1.807, 2.05) is 27.7 Å². The predicted octanol–water partition coefficient (Wildman–Crippen LogP) is 5.91. The molecule has 1 fully saturated rings. The van der Waals surface area contributed by atoms with E-state index in [4.69, 9.17) is 4.74 Å². The Bertz CT molecular complexity index is 1020. The second kappa shape index (κ2) is 8.83. The van der Waals surface area contributed by atoms with Gasteiger partial charge in [-0.15, -0.1) is 0 Å². The van der Waals surface area contributed by atoms with Gasteiger partial charge in [0.25, 0.3) is 0 Å². The van der Waals surface area contributed by atoms with E-state index in [9.17, 15) is 19.5 Å². The molecule has 5 nitrogen and oxygen atoms in total. The van der Waals surface area contributed by atoms with Crippen molar-refractivity contribution in [2.75, 3.05) is 0 Å². The lowest BCUT2D eigenvalue weighted by Gasteiger charge is -2.61. The summed E-state index contributed by atoms with van der Waals surface area (Å²) >= 11 is 0. The number of carbonyl (C=O) groups is 3. The van der Waals surface area contributed by atoms with E-state index in [0.717, 1.165) is 12.0 Å². The molecular formula is C30H44O5. The molecule has 35 heavy (non-hydrogen) atoms. The van der Waals surface area contributed by atoms with Crippen LogP contribution in [0, 0.1) is 28.1 Å². The van der Waals surface area contributed by atoms with Gasteiger partial charge in [0, 0.05) is 16.9 Å². The molecule has 1 saturated carbocycles. The average Bonchev–Trinajstić information content (AvgIpc) is 3.05. The van der Waals surface area contributed by atoms with Gasteiger partial charge < -0.3 is 9.84 Å². The molecule has 194 valence electrons. The SMILES string of the molecule is CC(C)=CC[C@H]1C[C@]2(C(=O)C(C)C)C(=O)[C@@](CC=C(C)C)(CC3=C2O[C@@H](C(C)(C)O)C3=O)C1(C)C. The minimum Gasteiger partial charge on any atom is -0.482 e. The molecular weight excluding hydrogens is 440 g/mol. The lowest BCUT2D eigenvalue weighted by molar-refractivity contribution is -0.173. The van der Waals surface area contributed by atoms with Gasteiger partial charge in [0.1, 0.15) is 16.8 Å². The quantitative estimate of drug-likeness (QED) is 0.359. The van der Waals surface area contributed by atoms with Crippen LogP contribution < -0.4 is 0 Å². The van der Waals surface area contributed by atoms with Crippen molar-refractivity contribution in [1.82, 2.24) is 0 Å². The van der Waals surface area contributed by atoms with E-state index in [0.29, 0.717) is 18.4 Å². The third-order valence-corrected chi connectivity index (χ3v) is 8.80. The van der Waals surface area contributed by atoms with Crippen LogP contribution in [0.5, 0.6) is 0 Å². The van der Waals surface area contributed by atoms with Crippen LogP contribution in [-0.2, 0) is 19.1 Å². The fourth-order valence-electron chi connectivity index (χ4n) is 6.50. The second-order valence-corrected chi connectivity index (χ2v) is 13.0. The molecule has 0 aromatic rings. The smallest absolute Gasteiger partial charge is 0.205 e. The summed E-state index contributed by atoms with van der Waals surface area (Å²) in [5.41, 5.74) is -1.59. The Kier molecular flexibility index (Phi) is 6.96. The minimum absolute atomic E-state index is 0.0392. The molecule has 4 atom stereocenters. The van der Waals surface area contributed by atoms with Crippen molar-refractivity contribution >= 4 is 17.3 Å². The molecule has 0 amide bonds. The first-order chi connectivity index (χ1) is 15.9. The molecule has 2 bridgehead atoms. The Morgan fingerprint density at radius 3 is 2.17 bits per heavy atom. The van der Waals surface area contributed by atoms with E-state index in [-0.39, 0.29) is 35.4 Å². The highest BCUT2D eigenvalue weighted by Gasteiger charge is 2.73. The highest BCUT2D eigenvalue weighted by atomic mass is 16.5. The summed E-state index contributed by atoms with van der Waals surface area (Å²) in [7, 11) is 0. The Morgan fingerprint density at radius 1 is 1.11 bits per heavy atom. The van der Waals surface area contributed by atoms with Gasteiger partial charge in [-0.1, -0.05) is 51.0 Å². The van der Waals surface area contributed by atoms with Crippen molar-refractivity contribution in [1.29, 1.82) is 0 Å². The van der Waals surface area contributed by atoms with Gasteiger partial charge in [-0.25, -0.2) is 0 Å². The van der Waals surface area contributed by atoms with Crippen molar-refractivity contribution in [3.63, 3.8) is 0 Å². The number of ether oxygens (including phenoxy) is 1. The number of ketones is 3. The van der Waals surface area contributed by atoms with Gasteiger partial charge in [-0.3, -0.25) is 14.4 Å². The molecule has 3 rings (SSSR count). The van der Waals surface area contributed by atoms with Gasteiger partial charge in [-0.05, 0) is 78.6 Å². The topological polar surface area (TPSA) is 80.7 Å². The highest BCUT2D eigenvalue weighted by Crippen LogP contribution is 2.68. The molecule has 2 aliphatic carbocycles. The Morgan fingerprint density at radius 2 is 1.69 bits per heavy atom. The molecule has 5 heteroatoms. The van der Waals surface area contributed by atoms with Gasteiger partial charge in [0.05, 0.1) is 0 Å². The number of hydrogen-bond donors (Lipinski definition) is 1. The molecule has 0 aromatic heterocycles. The number of allylic oxidation sites excluding steroid dienone is 5. The Labute approximate surface area is 211 Å².